The fourth-order valence-electron chi connectivity index (χ4n) is 4.58. The summed E-state index contributed by atoms with van der Waals surface area (Å²) in [4.78, 5) is 29.9. The molecule has 1 unspecified atom stereocenters. The van der Waals surface area contributed by atoms with Crippen LogP contribution in [-0.2, 0) is 4.79 Å². The van der Waals surface area contributed by atoms with Crippen molar-refractivity contribution in [3.63, 3.8) is 0 Å². The second-order valence-electron chi connectivity index (χ2n) is 9.20. The minimum absolute atomic E-state index is 0.0192. The van der Waals surface area contributed by atoms with Crippen molar-refractivity contribution >= 4 is 11.8 Å². The zero-order valence-electron chi connectivity index (χ0n) is 20.0. The van der Waals surface area contributed by atoms with Gasteiger partial charge in [0, 0.05) is 24.7 Å². The molecule has 1 fully saturated rings. The van der Waals surface area contributed by atoms with E-state index in [9.17, 15) is 14.0 Å². The fraction of sp³-hybridized carbons (Fsp3) is 0.481. The van der Waals surface area contributed by atoms with Gasteiger partial charge in [0.2, 0.25) is 5.91 Å². The van der Waals surface area contributed by atoms with Gasteiger partial charge < -0.3 is 10.2 Å². The number of likely N-dealkylation sites (tertiary alicyclic amines) is 1. The normalized spacial score (nSPS) is 15.6. The summed E-state index contributed by atoms with van der Waals surface area (Å²) >= 11 is 0. The number of amides is 2. The molecule has 2 aromatic carbocycles. The molecule has 33 heavy (non-hydrogen) atoms. The molecule has 178 valence electrons. The van der Waals surface area contributed by atoms with Gasteiger partial charge in [-0.1, -0.05) is 51.1 Å². The highest BCUT2D eigenvalue weighted by atomic mass is 19.1. The zero-order chi connectivity index (χ0) is 23.8. The lowest BCUT2D eigenvalue weighted by atomic mass is 9.96. The van der Waals surface area contributed by atoms with E-state index >= 15 is 0 Å². The molecule has 1 saturated heterocycles. The SMILES string of the molecule is CCCN(CC(=O)NC(c1ccc(F)cc1)C(C)C)C1CCN(C(=O)c2ccccc2)CC1. The Hall–Kier alpha value is -2.73. The summed E-state index contributed by atoms with van der Waals surface area (Å²) in [5.74, 6) is -0.0350. The van der Waals surface area contributed by atoms with Crippen molar-refractivity contribution in [2.75, 3.05) is 26.2 Å². The standard InChI is InChI=1S/C27H36FN3O2/c1-4-16-31(19-25(32)29-26(20(2)3)21-10-12-23(28)13-11-21)24-14-17-30(18-15-24)27(33)22-8-6-5-7-9-22/h5-13,20,24,26H,4,14-19H2,1-3H3,(H,29,32). The lowest BCUT2D eigenvalue weighted by Crippen LogP contribution is -2.50. The molecule has 0 spiro atoms. The molecule has 0 aromatic heterocycles. The van der Waals surface area contributed by atoms with Gasteiger partial charge in [-0.05, 0) is 61.6 Å². The van der Waals surface area contributed by atoms with E-state index in [2.05, 4.69) is 31.0 Å². The van der Waals surface area contributed by atoms with E-state index in [0.717, 1.165) is 36.9 Å². The lowest BCUT2D eigenvalue weighted by Gasteiger charge is -2.38. The van der Waals surface area contributed by atoms with Crippen molar-refractivity contribution in [1.82, 2.24) is 15.1 Å². The molecule has 2 amide bonds. The van der Waals surface area contributed by atoms with Gasteiger partial charge in [-0.15, -0.1) is 0 Å². The highest BCUT2D eigenvalue weighted by Gasteiger charge is 2.29. The molecule has 5 nitrogen and oxygen atoms in total. The fourth-order valence-corrected chi connectivity index (χ4v) is 4.58. The van der Waals surface area contributed by atoms with E-state index in [1.165, 1.54) is 12.1 Å². The van der Waals surface area contributed by atoms with Gasteiger partial charge in [0.15, 0.2) is 0 Å². The number of hydrogen-bond acceptors (Lipinski definition) is 3. The molecule has 1 aliphatic heterocycles. The molecule has 0 radical (unpaired) electrons. The summed E-state index contributed by atoms with van der Waals surface area (Å²) in [6.07, 6.45) is 2.68. The van der Waals surface area contributed by atoms with Crippen LogP contribution in [0.4, 0.5) is 4.39 Å². The van der Waals surface area contributed by atoms with Crippen LogP contribution in [0.1, 0.15) is 62.0 Å². The molecule has 0 bridgehead atoms. The first-order valence-electron chi connectivity index (χ1n) is 12.0. The maximum atomic E-state index is 13.3. The first kappa shape index (κ1) is 24.9. The van der Waals surface area contributed by atoms with Crippen LogP contribution in [0.5, 0.6) is 0 Å². The molecular formula is C27H36FN3O2. The third kappa shape index (κ3) is 6.87. The average Bonchev–Trinajstić information content (AvgIpc) is 2.83. The van der Waals surface area contributed by atoms with Gasteiger partial charge in [0.05, 0.1) is 12.6 Å². The third-order valence-corrected chi connectivity index (χ3v) is 6.36. The Morgan fingerprint density at radius 2 is 1.70 bits per heavy atom. The number of rotatable bonds is 9. The first-order chi connectivity index (χ1) is 15.9. The second kappa shape index (κ2) is 11.9. The summed E-state index contributed by atoms with van der Waals surface area (Å²) < 4.78 is 13.3. The van der Waals surface area contributed by atoms with Crippen molar-refractivity contribution < 1.29 is 14.0 Å². The molecule has 6 heteroatoms. The zero-order valence-corrected chi connectivity index (χ0v) is 20.0. The molecule has 0 saturated carbocycles. The minimum atomic E-state index is -0.279. The van der Waals surface area contributed by atoms with Gasteiger partial charge in [-0.25, -0.2) is 4.39 Å². The molecule has 0 aliphatic carbocycles. The number of benzene rings is 2. The van der Waals surface area contributed by atoms with Crippen LogP contribution in [0.25, 0.3) is 0 Å². The highest BCUT2D eigenvalue weighted by molar-refractivity contribution is 5.94. The van der Waals surface area contributed by atoms with E-state index in [0.29, 0.717) is 19.6 Å². The summed E-state index contributed by atoms with van der Waals surface area (Å²) in [7, 11) is 0. The largest absolute Gasteiger partial charge is 0.348 e. The predicted octanol–water partition coefficient (Wildman–Crippen LogP) is 4.66. The number of carbonyl (C=O) groups is 2. The van der Waals surface area contributed by atoms with E-state index in [1.54, 1.807) is 12.1 Å². The summed E-state index contributed by atoms with van der Waals surface area (Å²) in [5, 5.41) is 3.16. The number of carbonyl (C=O) groups excluding carboxylic acids is 2. The van der Waals surface area contributed by atoms with Crippen LogP contribution in [0.2, 0.25) is 0 Å². The van der Waals surface area contributed by atoms with Crippen molar-refractivity contribution in [2.24, 2.45) is 5.92 Å². The van der Waals surface area contributed by atoms with Crippen molar-refractivity contribution in [1.29, 1.82) is 0 Å². The second-order valence-corrected chi connectivity index (χ2v) is 9.20. The first-order valence-corrected chi connectivity index (χ1v) is 12.0. The number of piperidine rings is 1. The number of halogens is 1. The van der Waals surface area contributed by atoms with Crippen LogP contribution >= 0.6 is 0 Å². The Labute approximate surface area is 197 Å². The van der Waals surface area contributed by atoms with Crippen LogP contribution < -0.4 is 5.32 Å². The summed E-state index contributed by atoms with van der Waals surface area (Å²) in [5.41, 5.74) is 1.63. The van der Waals surface area contributed by atoms with Crippen LogP contribution in [0.3, 0.4) is 0 Å². The molecule has 1 heterocycles. The Bertz CT molecular complexity index is 893. The molecule has 3 rings (SSSR count). The Morgan fingerprint density at radius 1 is 1.06 bits per heavy atom. The number of nitrogens with one attached hydrogen (secondary N) is 1. The summed E-state index contributed by atoms with van der Waals surface area (Å²) in [6.45, 7) is 8.79. The van der Waals surface area contributed by atoms with Crippen LogP contribution in [0.15, 0.2) is 54.6 Å². The van der Waals surface area contributed by atoms with Gasteiger partial charge >= 0.3 is 0 Å². The Balaban J connectivity index is 1.58. The molecule has 1 N–H and O–H groups in total. The van der Waals surface area contributed by atoms with Crippen LogP contribution in [-0.4, -0.2) is 53.8 Å². The molecule has 1 atom stereocenters. The number of nitrogens with zero attached hydrogens (tertiary/aromatic N) is 2. The monoisotopic (exact) mass is 453 g/mol. The van der Waals surface area contributed by atoms with Crippen molar-refractivity contribution in [3.05, 3.63) is 71.5 Å². The van der Waals surface area contributed by atoms with Gasteiger partial charge in [-0.3, -0.25) is 14.5 Å². The quantitative estimate of drug-likeness (QED) is 0.601. The van der Waals surface area contributed by atoms with Gasteiger partial charge in [0.1, 0.15) is 5.82 Å². The van der Waals surface area contributed by atoms with E-state index in [-0.39, 0.29) is 35.6 Å². The van der Waals surface area contributed by atoms with Gasteiger partial charge in [0.25, 0.3) is 5.91 Å². The smallest absolute Gasteiger partial charge is 0.253 e. The molecule has 2 aromatic rings. The van der Waals surface area contributed by atoms with E-state index in [4.69, 9.17) is 0 Å². The van der Waals surface area contributed by atoms with Crippen molar-refractivity contribution in [2.45, 2.75) is 52.1 Å². The lowest BCUT2D eigenvalue weighted by molar-refractivity contribution is -0.124. The van der Waals surface area contributed by atoms with E-state index < -0.39 is 0 Å². The Morgan fingerprint density at radius 3 is 2.27 bits per heavy atom. The highest BCUT2D eigenvalue weighted by Crippen LogP contribution is 2.23. The minimum Gasteiger partial charge on any atom is -0.348 e. The van der Waals surface area contributed by atoms with Crippen molar-refractivity contribution in [3.8, 4) is 0 Å². The Kier molecular flexibility index (Phi) is 9.01. The maximum absolute atomic E-state index is 13.3. The number of hydrogen-bond donors (Lipinski definition) is 1. The molecular weight excluding hydrogens is 417 g/mol. The topological polar surface area (TPSA) is 52.7 Å². The predicted molar refractivity (Wildman–Crippen MR) is 129 cm³/mol. The van der Waals surface area contributed by atoms with Crippen LogP contribution in [0, 0.1) is 11.7 Å². The van der Waals surface area contributed by atoms with Gasteiger partial charge in [-0.2, -0.15) is 0 Å². The van der Waals surface area contributed by atoms with E-state index in [1.807, 2.05) is 35.2 Å². The summed E-state index contributed by atoms with van der Waals surface area (Å²) in [6, 6.07) is 15.9. The average molecular weight is 454 g/mol. The molecule has 1 aliphatic rings. The third-order valence-electron chi connectivity index (χ3n) is 6.36. The maximum Gasteiger partial charge on any atom is 0.253 e.